The van der Waals surface area contributed by atoms with Gasteiger partial charge < -0.3 is 15.2 Å². The quantitative estimate of drug-likeness (QED) is 0.543. The number of fused-ring (bicyclic) bond motifs is 1. The fourth-order valence-electron chi connectivity index (χ4n) is 3.65. The van der Waals surface area contributed by atoms with Crippen LogP contribution in [0.25, 0.3) is 10.9 Å². The second-order valence-corrected chi connectivity index (χ2v) is 9.35. The Labute approximate surface area is 212 Å². The van der Waals surface area contributed by atoms with Crippen molar-refractivity contribution in [3.63, 3.8) is 0 Å². The van der Waals surface area contributed by atoms with Crippen molar-refractivity contribution in [2.24, 2.45) is 0 Å². The number of anilines is 1. The lowest BCUT2D eigenvalue weighted by Crippen LogP contribution is -2.53. The van der Waals surface area contributed by atoms with Gasteiger partial charge in [-0.3, -0.25) is 19.4 Å². The molecular weight excluding hydrogens is 478 g/mol. The van der Waals surface area contributed by atoms with Gasteiger partial charge in [0.2, 0.25) is 5.91 Å². The molecule has 12 heteroatoms. The number of amides is 3. The molecule has 0 bridgehead atoms. The van der Waals surface area contributed by atoms with E-state index in [1.807, 2.05) is 6.07 Å². The monoisotopic (exact) mass is 503 g/mol. The summed E-state index contributed by atoms with van der Waals surface area (Å²) in [7, 11) is 0. The van der Waals surface area contributed by atoms with Crippen molar-refractivity contribution in [1.29, 1.82) is 5.26 Å². The van der Waals surface area contributed by atoms with E-state index in [1.165, 1.54) is 22.2 Å². The number of ether oxygens (including phenoxy) is 1. The van der Waals surface area contributed by atoms with Crippen LogP contribution in [0.1, 0.15) is 42.5 Å². The number of hydrogen-bond acceptors (Lipinski definition) is 9. The van der Waals surface area contributed by atoms with Crippen LogP contribution in [0.5, 0.6) is 5.75 Å². The van der Waals surface area contributed by atoms with Gasteiger partial charge in [-0.05, 0) is 44.5 Å². The Morgan fingerprint density at radius 3 is 2.59 bits per heavy atom. The Bertz CT molecular complexity index is 1410. The van der Waals surface area contributed by atoms with E-state index in [-0.39, 0.29) is 49.2 Å². The average molecular weight is 504 g/mol. The molecule has 1 aliphatic heterocycles. The fourth-order valence-corrected chi connectivity index (χ4v) is 3.65. The largest absolute Gasteiger partial charge is 0.505 e. The van der Waals surface area contributed by atoms with Crippen LogP contribution < -0.4 is 10.2 Å². The van der Waals surface area contributed by atoms with E-state index >= 15 is 0 Å². The van der Waals surface area contributed by atoms with E-state index in [0.717, 1.165) is 0 Å². The zero-order chi connectivity index (χ0) is 26.7. The van der Waals surface area contributed by atoms with E-state index in [2.05, 4.69) is 20.3 Å². The van der Waals surface area contributed by atoms with Crippen LogP contribution in [-0.2, 0) is 16.1 Å². The summed E-state index contributed by atoms with van der Waals surface area (Å²) in [6.45, 7) is 5.75. The minimum atomic E-state index is -0.664. The third-order valence-corrected chi connectivity index (χ3v) is 5.46. The molecule has 37 heavy (non-hydrogen) atoms. The summed E-state index contributed by atoms with van der Waals surface area (Å²) in [6.07, 6.45) is 2.27. The van der Waals surface area contributed by atoms with Gasteiger partial charge in [0.1, 0.15) is 29.7 Å². The molecule has 3 aromatic rings. The molecule has 2 N–H and O–H groups in total. The van der Waals surface area contributed by atoms with Crippen molar-refractivity contribution < 1.29 is 24.2 Å². The molecule has 3 amide bonds. The number of aromatic nitrogens is 3. The van der Waals surface area contributed by atoms with Gasteiger partial charge in [-0.25, -0.2) is 19.7 Å². The topological polar surface area (TPSA) is 162 Å². The van der Waals surface area contributed by atoms with Crippen LogP contribution >= 0.6 is 0 Å². The number of carbonyl (C=O) groups is 3. The van der Waals surface area contributed by atoms with Crippen LogP contribution in [0.4, 0.5) is 10.6 Å². The van der Waals surface area contributed by atoms with Crippen LogP contribution in [0.3, 0.4) is 0 Å². The summed E-state index contributed by atoms with van der Waals surface area (Å²) in [4.78, 5) is 52.9. The van der Waals surface area contributed by atoms with Crippen molar-refractivity contribution in [3.8, 4) is 11.8 Å². The summed E-state index contributed by atoms with van der Waals surface area (Å²) in [5, 5.41) is 22.4. The molecule has 12 nitrogen and oxygen atoms in total. The second-order valence-electron chi connectivity index (χ2n) is 9.35. The van der Waals surface area contributed by atoms with Gasteiger partial charge in [0.05, 0.1) is 11.7 Å². The summed E-state index contributed by atoms with van der Waals surface area (Å²) in [6, 6.07) is 8.25. The first-order chi connectivity index (χ1) is 17.6. The number of nitrogens with one attached hydrogen (secondary N) is 1. The number of hydrogen-bond donors (Lipinski definition) is 2. The first-order valence-electron chi connectivity index (χ1n) is 11.5. The number of pyridine rings is 3. The molecule has 0 aromatic carbocycles. The molecule has 0 unspecified atom stereocenters. The number of nitrogens with zero attached hydrogens (tertiary/aromatic N) is 6. The van der Waals surface area contributed by atoms with Crippen molar-refractivity contribution in [3.05, 3.63) is 53.6 Å². The smallest absolute Gasteiger partial charge is 0.410 e. The molecule has 0 saturated carbocycles. The van der Waals surface area contributed by atoms with Crippen molar-refractivity contribution >= 4 is 34.6 Å². The third-order valence-electron chi connectivity index (χ3n) is 5.46. The van der Waals surface area contributed by atoms with Gasteiger partial charge in [-0.2, -0.15) is 5.26 Å². The van der Waals surface area contributed by atoms with Crippen LogP contribution in [0, 0.1) is 11.3 Å². The summed E-state index contributed by atoms with van der Waals surface area (Å²) in [5.41, 5.74) is 0.400. The molecule has 1 saturated heterocycles. The summed E-state index contributed by atoms with van der Waals surface area (Å²) >= 11 is 0. The van der Waals surface area contributed by atoms with Gasteiger partial charge >= 0.3 is 6.09 Å². The number of aromatic hydroxyl groups is 1. The van der Waals surface area contributed by atoms with Gasteiger partial charge in [-0.1, -0.05) is 6.07 Å². The van der Waals surface area contributed by atoms with E-state index in [0.29, 0.717) is 22.3 Å². The summed E-state index contributed by atoms with van der Waals surface area (Å²) in [5.74, 6) is -0.920. The van der Waals surface area contributed by atoms with Crippen LogP contribution in [-0.4, -0.2) is 68.1 Å². The van der Waals surface area contributed by atoms with Crippen LogP contribution in [0.15, 0.2) is 36.7 Å². The highest BCUT2D eigenvalue weighted by atomic mass is 16.6. The Kier molecular flexibility index (Phi) is 6.88. The highest BCUT2D eigenvalue weighted by molar-refractivity contribution is 6.02. The lowest BCUT2D eigenvalue weighted by atomic mass is 10.2. The standard InChI is InChI=1S/C25H25N7O5/c1-25(2,3)37-24(36)31-8-9-32(20(33)14-31)19-7-6-17-18(30-19)13-28-21(22(17)34)23(35)29-12-15-4-5-16(10-26)27-11-15/h4-7,11,13,34H,8-9,12,14H2,1-3H3,(H,29,35). The molecule has 0 aliphatic carbocycles. The maximum atomic E-state index is 12.7. The molecule has 0 spiro atoms. The average Bonchev–Trinajstić information content (AvgIpc) is 2.86. The molecule has 0 atom stereocenters. The zero-order valence-electron chi connectivity index (χ0n) is 20.6. The molecule has 190 valence electrons. The molecule has 1 aliphatic rings. The van der Waals surface area contributed by atoms with Crippen molar-refractivity contribution in [2.75, 3.05) is 24.5 Å². The SMILES string of the molecule is CC(C)(C)OC(=O)N1CCN(c2ccc3c(O)c(C(=O)NCc4ccc(C#N)nc4)ncc3n2)C(=O)C1. The Morgan fingerprint density at radius 2 is 1.95 bits per heavy atom. The molecule has 4 heterocycles. The highest BCUT2D eigenvalue weighted by Gasteiger charge is 2.31. The zero-order valence-corrected chi connectivity index (χ0v) is 20.6. The molecular formula is C25H25N7O5. The van der Waals surface area contributed by atoms with E-state index < -0.39 is 17.6 Å². The second kappa shape index (κ2) is 10.1. The summed E-state index contributed by atoms with van der Waals surface area (Å²) < 4.78 is 5.34. The predicted molar refractivity (Wildman–Crippen MR) is 131 cm³/mol. The van der Waals surface area contributed by atoms with Gasteiger partial charge in [-0.15, -0.1) is 0 Å². The lowest BCUT2D eigenvalue weighted by molar-refractivity contribution is -0.121. The van der Waals surface area contributed by atoms with E-state index in [9.17, 15) is 19.5 Å². The minimum absolute atomic E-state index is 0.130. The normalized spacial score (nSPS) is 13.8. The Balaban J connectivity index is 1.45. The number of rotatable bonds is 4. The van der Waals surface area contributed by atoms with E-state index in [4.69, 9.17) is 10.00 Å². The Hall–Kier alpha value is -4.79. The lowest BCUT2D eigenvalue weighted by Gasteiger charge is -2.34. The predicted octanol–water partition coefficient (Wildman–Crippen LogP) is 2.12. The van der Waals surface area contributed by atoms with E-state index in [1.54, 1.807) is 45.0 Å². The van der Waals surface area contributed by atoms with Crippen LogP contribution in [0.2, 0.25) is 0 Å². The van der Waals surface area contributed by atoms with Gasteiger partial charge in [0, 0.05) is 31.2 Å². The maximum absolute atomic E-state index is 12.7. The minimum Gasteiger partial charge on any atom is -0.505 e. The Morgan fingerprint density at radius 1 is 1.16 bits per heavy atom. The number of piperazine rings is 1. The molecule has 3 aromatic heterocycles. The molecule has 4 rings (SSSR count). The van der Waals surface area contributed by atoms with Gasteiger partial charge in [0.15, 0.2) is 11.4 Å². The highest BCUT2D eigenvalue weighted by Crippen LogP contribution is 2.28. The maximum Gasteiger partial charge on any atom is 0.410 e. The van der Waals surface area contributed by atoms with Crippen molar-refractivity contribution in [1.82, 2.24) is 25.2 Å². The molecule has 1 fully saturated rings. The fraction of sp³-hybridized carbons (Fsp3) is 0.320. The first kappa shape index (κ1) is 25.3. The van der Waals surface area contributed by atoms with Gasteiger partial charge in [0.25, 0.3) is 5.91 Å². The van der Waals surface area contributed by atoms with Crippen molar-refractivity contribution in [2.45, 2.75) is 32.9 Å². The third kappa shape index (κ3) is 5.72. The first-order valence-corrected chi connectivity index (χ1v) is 11.5. The number of carbonyl (C=O) groups excluding carboxylic acids is 3. The number of nitriles is 1. The molecule has 0 radical (unpaired) electrons.